The molecule has 7 nitrogen and oxygen atoms in total. The van der Waals surface area contributed by atoms with E-state index in [4.69, 9.17) is 9.84 Å². The van der Waals surface area contributed by atoms with Crippen LogP contribution >= 0.6 is 11.3 Å². The Kier molecular flexibility index (Phi) is 6.55. The number of ether oxygens (including phenoxy) is 1. The summed E-state index contributed by atoms with van der Waals surface area (Å²) in [6.07, 6.45) is -3.13. The molecule has 2 atom stereocenters. The Morgan fingerprint density at radius 2 is 1.62 bits per heavy atom. The first kappa shape index (κ1) is 22.0. The zero-order valence-corrected chi connectivity index (χ0v) is 17.9. The number of thiophene rings is 1. The molecule has 1 aromatic heterocycles. The molecule has 1 aliphatic rings. The van der Waals surface area contributed by atoms with Crippen molar-refractivity contribution in [1.29, 1.82) is 0 Å². The van der Waals surface area contributed by atoms with E-state index in [-0.39, 0.29) is 35.9 Å². The van der Waals surface area contributed by atoms with Crippen LogP contribution in [0.25, 0.3) is 11.1 Å². The highest BCUT2D eigenvalue weighted by atomic mass is 32.1. The van der Waals surface area contributed by atoms with Gasteiger partial charge in [-0.2, -0.15) is 0 Å². The van der Waals surface area contributed by atoms with Gasteiger partial charge in [0.2, 0.25) is 0 Å². The van der Waals surface area contributed by atoms with Crippen LogP contribution in [0.3, 0.4) is 0 Å². The van der Waals surface area contributed by atoms with E-state index in [2.05, 4.69) is 17.4 Å². The number of benzene rings is 2. The van der Waals surface area contributed by atoms with Crippen LogP contribution in [0.1, 0.15) is 44.8 Å². The summed E-state index contributed by atoms with van der Waals surface area (Å²) in [5.74, 6) is -1.21. The van der Waals surface area contributed by atoms with Gasteiger partial charge < -0.3 is 25.4 Å². The van der Waals surface area contributed by atoms with Crippen molar-refractivity contribution in [2.75, 3.05) is 13.2 Å². The molecule has 0 radical (unpaired) electrons. The standard InChI is InChI=1S/C24H23NO6S/c26-20(21(27)22-18(23(28)29)10-12-32-22)9-11-25-24(30)31-13-19-16-7-3-1-5-14(16)15-6-2-4-8-17(15)19/h1-8,10,12,19-21,26-27H,9,11,13H2,(H,25,30)(H,28,29). The number of aliphatic hydroxyl groups is 2. The largest absolute Gasteiger partial charge is 0.478 e. The number of aliphatic hydroxyl groups excluding tert-OH is 2. The monoisotopic (exact) mass is 453 g/mol. The lowest BCUT2D eigenvalue weighted by molar-refractivity contribution is 0.0149. The first-order valence-corrected chi connectivity index (χ1v) is 11.1. The Bertz CT molecular complexity index is 1080. The van der Waals surface area contributed by atoms with E-state index >= 15 is 0 Å². The second kappa shape index (κ2) is 9.52. The van der Waals surface area contributed by atoms with E-state index < -0.39 is 24.3 Å². The van der Waals surface area contributed by atoms with Gasteiger partial charge in [-0.25, -0.2) is 9.59 Å². The number of nitrogens with one attached hydrogen (secondary N) is 1. The molecule has 0 fully saturated rings. The van der Waals surface area contributed by atoms with Crippen molar-refractivity contribution >= 4 is 23.4 Å². The van der Waals surface area contributed by atoms with E-state index in [0.717, 1.165) is 33.6 Å². The maximum Gasteiger partial charge on any atom is 0.407 e. The molecule has 0 saturated heterocycles. The minimum Gasteiger partial charge on any atom is -0.478 e. The molecule has 0 bridgehead atoms. The van der Waals surface area contributed by atoms with Crippen LogP contribution in [0.15, 0.2) is 60.0 Å². The molecule has 0 aliphatic heterocycles. The first-order chi connectivity index (χ1) is 15.5. The molecule has 166 valence electrons. The predicted octanol–water partition coefficient (Wildman–Crippen LogP) is 3.77. The summed E-state index contributed by atoms with van der Waals surface area (Å²) in [6, 6.07) is 17.5. The molecule has 3 aromatic rings. The molecule has 1 heterocycles. The van der Waals surface area contributed by atoms with Crippen molar-refractivity contribution < 1.29 is 29.6 Å². The number of hydrogen-bond acceptors (Lipinski definition) is 6. The average molecular weight is 454 g/mol. The zero-order chi connectivity index (χ0) is 22.7. The highest BCUT2D eigenvalue weighted by Crippen LogP contribution is 2.44. The molecule has 8 heteroatoms. The first-order valence-electron chi connectivity index (χ1n) is 10.2. The maximum atomic E-state index is 12.2. The normalized spacial score (nSPS) is 14.3. The summed E-state index contributed by atoms with van der Waals surface area (Å²) in [7, 11) is 0. The Labute approximate surface area is 188 Å². The molecule has 0 spiro atoms. The molecular formula is C24H23NO6S. The fraction of sp³-hybridized carbons (Fsp3) is 0.250. The number of aromatic carboxylic acids is 1. The number of amides is 1. The highest BCUT2D eigenvalue weighted by molar-refractivity contribution is 7.10. The van der Waals surface area contributed by atoms with Gasteiger partial charge in [0, 0.05) is 12.5 Å². The van der Waals surface area contributed by atoms with Crippen LogP contribution in [-0.4, -0.2) is 46.6 Å². The topological polar surface area (TPSA) is 116 Å². The van der Waals surface area contributed by atoms with Crippen LogP contribution in [-0.2, 0) is 4.74 Å². The number of carbonyl (C=O) groups excluding carboxylic acids is 1. The highest BCUT2D eigenvalue weighted by Gasteiger charge is 2.29. The lowest BCUT2D eigenvalue weighted by atomic mass is 9.98. The average Bonchev–Trinajstić information content (AvgIpc) is 3.41. The van der Waals surface area contributed by atoms with Gasteiger partial charge in [-0.05, 0) is 40.1 Å². The lowest BCUT2D eigenvalue weighted by Gasteiger charge is -2.18. The summed E-state index contributed by atoms with van der Waals surface area (Å²) in [6.45, 7) is 0.255. The quantitative estimate of drug-likeness (QED) is 0.413. The maximum absolute atomic E-state index is 12.2. The van der Waals surface area contributed by atoms with Crippen molar-refractivity contribution in [1.82, 2.24) is 5.32 Å². The summed E-state index contributed by atoms with van der Waals surface area (Å²) in [5.41, 5.74) is 4.48. The number of carbonyl (C=O) groups is 2. The second-order valence-corrected chi connectivity index (χ2v) is 8.50. The van der Waals surface area contributed by atoms with E-state index in [0.29, 0.717) is 0 Å². The van der Waals surface area contributed by atoms with Crippen LogP contribution in [0.4, 0.5) is 4.79 Å². The van der Waals surface area contributed by atoms with Crippen molar-refractivity contribution in [3.63, 3.8) is 0 Å². The minimum absolute atomic E-state index is 0.0361. The van der Waals surface area contributed by atoms with Gasteiger partial charge in [0.05, 0.1) is 16.5 Å². The summed E-state index contributed by atoms with van der Waals surface area (Å²) >= 11 is 1.06. The molecule has 32 heavy (non-hydrogen) atoms. The van der Waals surface area contributed by atoms with E-state index in [1.807, 2.05) is 36.4 Å². The summed E-state index contributed by atoms with van der Waals surface area (Å²) in [5, 5.41) is 33.7. The van der Waals surface area contributed by atoms with E-state index in [1.54, 1.807) is 5.38 Å². The third kappa shape index (κ3) is 4.38. The van der Waals surface area contributed by atoms with E-state index in [9.17, 15) is 19.8 Å². The Morgan fingerprint density at radius 1 is 1.00 bits per heavy atom. The third-order valence-corrected chi connectivity index (χ3v) is 6.60. The summed E-state index contributed by atoms with van der Waals surface area (Å²) < 4.78 is 5.43. The van der Waals surface area contributed by atoms with Crippen molar-refractivity contribution in [2.24, 2.45) is 0 Å². The number of carboxylic acid groups (broad SMARTS) is 1. The van der Waals surface area contributed by atoms with Gasteiger partial charge in [0.25, 0.3) is 0 Å². The van der Waals surface area contributed by atoms with Gasteiger partial charge in [-0.15, -0.1) is 11.3 Å². The SMILES string of the molecule is O=C(NCCC(O)C(O)c1sccc1C(=O)O)OCC1c2ccccc2-c2ccccc21. The second-order valence-electron chi connectivity index (χ2n) is 7.56. The Balaban J connectivity index is 1.29. The van der Waals surface area contributed by atoms with E-state index in [1.165, 1.54) is 6.07 Å². The molecule has 1 aliphatic carbocycles. The molecule has 4 rings (SSSR count). The van der Waals surface area contributed by atoms with Crippen LogP contribution in [0, 0.1) is 0 Å². The lowest BCUT2D eigenvalue weighted by Crippen LogP contribution is -2.30. The number of alkyl carbamates (subject to hydrolysis) is 1. The zero-order valence-electron chi connectivity index (χ0n) is 17.1. The number of fused-ring (bicyclic) bond motifs is 3. The summed E-state index contributed by atoms with van der Waals surface area (Å²) in [4.78, 5) is 23.6. The van der Waals surface area contributed by atoms with Crippen LogP contribution < -0.4 is 5.32 Å². The fourth-order valence-electron chi connectivity index (χ4n) is 4.03. The van der Waals surface area contributed by atoms with Gasteiger partial charge >= 0.3 is 12.1 Å². The molecule has 4 N–H and O–H groups in total. The van der Waals surface area contributed by atoms with Gasteiger partial charge in [-0.1, -0.05) is 48.5 Å². The molecular weight excluding hydrogens is 430 g/mol. The molecule has 2 unspecified atom stereocenters. The molecule has 0 saturated carbocycles. The predicted molar refractivity (Wildman–Crippen MR) is 120 cm³/mol. The van der Waals surface area contributed by atoms with Crippen molar-refractivity contribution in [3.8, 4) is 11.1 Å². The van der Waals surface area contributed by atoms with Gasteiger partial charge in [0.1, 0.15) is 12.7 Å². The smallest absolute Gasteiger partial charge is 0.407 e. The Morgan fingerprint density at radius 3 is 2.25 bits per heavy atom. The van der Waals surface area contributed by atoms with Gasteiger partial charge in [-0.3, -0.25) is 0 Å². The number of carboxylic acids is 1. The fourth-order valence-corrected chi connectivity index (χ4v) is 4.96. The molecule has 1 amide bonds. The third-order valence-electron chi connectivity index (χ3n) is 5.61. The minimum atomic E-state index is -1.34. The number of hydrogen-bond donors (Lipinski definition) is 4. The van der Waals surface area contributed by atoms with Gasteiger partial charge in [0.15, 0.2) is 0 Å². The Hall–Kier alpha value is -3.20. The molecule has 2 aromatic carbocycles. The van der Waals surface area contributed by atoms with Crippen LogP contribution in [0.5, 0.6) is 0 Å². The van der Waals surface area contributed by atoms with Crippen molar-refractivity contribution in [3.05, 3.63) is 81.5 Å². The van der Waals surface area contributed by atoms with Crippen molar-refractivity contribution in [2.45, 2.75) is 24.5 Å². The number of rotatable bonds is 8. The van der Waals surface area contributed by atoms with Crippen LogP contribution in [0.2, 0.25) is 0 Å².